The first kappa shape index (κ1) is 12.8. The number of nitrogens with one attached hydrogen (secondary N) is 1. The molecule has 0 saturated carbocycles. The number of halogens is 1. The molecule has 1 aromatic carbocycles. The molecule has 3 aromatic rings. The lowest BCUT2D eigenvalue weighted by Gasteiger charge is -2.13. The Hall–Kier alpha value is -1.92. The Morgan fingerprint density at radius 1 is 1.33 bits per heavy atom. The van der Waals surface area contributed by atoms with Gasteiger partial charge in [0.2, 0.25) is 5.58 Å². The Labute approximate surface area is 128 Å². The van der Waals surface area contributed by atoms with E-state index in [4.69, 9.17) is 4.42 Å². The van der Waals surface area contributed by atoms with Crippen molar-refractivity contribution in [2.75, 3.05) is 13.1 Å². The van der Waals surface area contributed by atoms with Crippen LogP contribution in [0.15, 0.2) is 44.0 Å². The topological polar surface area (TPSA) is 62.1 Å². The van der Waals surface area contributed by atoms with E-state index in [1.54, 1.807) is 0 Å². The summed E-state index contributed by atoms with van der Waals surface area (Å²) in [5, 5.41) is 0.853. The van der Waals surface area contributed by atoms with Gasteiger partial charge in [0.25, 0.3) is 5.56 Å². The van der Waals surface area contributed by atoms with Crippen LogP contribution in [0.5, 0.6) is 0 Å². The normalized spacial score (nSPS) is 15.5. The number of rotatable bonds is 2. The monoisotopic (exact) mass is 345 g/mol. The van der Waals surface area contributed by atoms with E-state index < -0.39 is 0 Å². The molecule has 6 heteroatoms. The van der Waals surface area contributed by atoms with E-state index >= 15 is 0 Å². The molecule has 1 N–H and O–H groups in total. The van der Waals surface area contributed by atoms with Gasteiger partial charge in [0.05, 0.1) is 6.54 Å². The van der Waals surface area contributed by atoms with Crippen LogP contribution >= 0.6 is 15.9 Å². The Morgan fingerprint density at radius 2 is 2.14 bits per heavy atom. The van der Waals surface area contributed by atoms with Crippen LogP contribution in [0.1, 0.15) is 5.82 Å². The van der Waals surface area contributed by atoms with Gasteiger partial charge in [0, 0.05) is 22.9 Å². The lowest BCUT2D eigenvalue weighted by molar-refractivity contribution is 0.336. The molecule has 0 bridgehead atoms. The molecule has 0 aliphatic carbocycles. The van der Waals surface area contributed by atoms with Crippen LogP contribution in [0.4, 0.5) is 0 Å². The number of furan rings is 1. The highest BCUT2D eigenvalue weighted by Crippen LogP contribution is 2.27. The fourth-order valence-electron chi connectivity index (χ4n) is 2.61. The first-order valence-electron chi connectivity index (χ1n) is 6.69. The number of benzene rings is 1. The van der Waals surface area contributed by atoms with Crippen molar-refractivity contribution in [2.24, 2.45) is 0 Å². The van der Waals surface area contributed by atoms with Gasteiger partial charge in [0.15, 0.2) is 0 Å². The van der Waals surface area contributed by atoms with Gasteiger partial charge in [-0.25, -0.2) is 4.98 Å². The van der Waals surface area contributed by atoms with Gasteiger partial charge in [-0.15, -0.1) is 0 Å². The molecule has 106 valence electrons. The maximum Gasteiger partial charge on any atom is 0.294 e. The van der Waals surface area contributed by atoms with Crippen LogP contribution in [0.25, 0.3) is 22.1 Å². The molecule has 1 aliphatic heterocycles. The first-order chi connectivity index (χ1) is 10.2. The minimum absolute atomic E-state index is 0.227. The smallest absolute Gasteiger partial charge is 0.294 e. The van der Waals surface area contributed by atoms with Gasteiger partial charge in [-0.1, -0.05) is 28.1 Å². The van der Waals surface area contributed by atoms with E-state index in [-0.39, 0.29) is 11.1 Å². The first-order valence-corrected chi connectivity index (χ1v) is 7.48. The van der Waals surface area contributed by atoms with Gasteiger partial charge >= 0.3 is 0 Å². The predicted octanol–water partition coefficient (Wildman–Crippen LogP) is 2.80. The lowest BCUT2D eigenvalue weighted by atomic mass is 10.2. The highest BCUT2D eigenvalue weighted by atomic mass is 79.9. The van der Waals surface area contributed by atoms with Crippen LogP contribution in [-0.2, 0) is 6.54 Å². The summed E-state index contributed by atoms with van der Waals surface area (Å²) in [6.45, 7) is 2.40. The second kappa shape index (κ2) is 4.82. The van der Waals surface area contributed by atoms with E-state index in [9.17, 15) is 4.79 Å². The van der Waals surface area contributed by atoms with E-state index in [0.717, 1.165) is 22.9 Å². The molecule has 0 radical (unpaired) electrons. The molecule has 0 unspecified atom stereocenters. The molecule has 1 aliphatic rings. The van der Waals surface area contributed by atoms with Crippen molar-refractivity contribution in [1.29, 1.82) is 0 Å². The molecular formula is C15H12BrN3O2. The SMILES string of the molecule is O=c1[nH]c(CN2CC=CC2)nc2c1oc1ccc(Br)cc12. The summed E-state index contributed by atoms with van der Waals surface area (Å²) >= 11 is 3.44. The third-order valence-electron chi connectivity index (χ3n) is 3.60. The summed E-state index contributed by atoms with van der Waals surface area (Å²) in [6, 6.07) is 5.65. The Morgan fingerprint density at radius 3 is 2.95 bits per heavy atom. The summed E-state index contributed by atoms with van der Waals surface area (Å²) in [7, 11) is 0. The molecule has 0 spiro atoms. The van der Waals surface area contributed by atoms with Gasteiger partial charge in [0.1, 0.15) is 16.9 Å². The molecule has 21 heavy (non-hydrogen) atoms. The second-order valence-electron chi connectivity index (χ2n) is 5.10. The zero-order chi connectivity index (χ0) is 14.4. The van der Waals surface area contributed by atoms with Crippen LogP contribution in [0.2, 0.25) is 0 Å². The van der Waals surface area contributed by atoms with E-state index in [0.29, 0.717) is 23.5 Å². The number of H-pyrrole nitrogens is 1. The quantitative estimate of drug-likeness (QED) is 0.725. The maximum atomic E-state index is 12.2. The number of aromatic amines is 1. The summed E-state index contributed by atoms with van der Waals surface area (Å²) in [4.78, 5) is 21.8. The average Bonchev–Trinajstić information content (AvgIpc) is 3.07. The Bertz CT molecular complexity index is 918. The summed E-state index contributed by atoms with van der Waals surface area (Å²) in [6.07, 6.45) is 4.22. The molecule has 5 nitrogen and oxygen atoms in total. The van der Waals surface area contributed by atoms with Crippen molar-refractivity contribution in [3.05, 3.63) is 51.0 Å². The van der Waals surface area contributed by atoms with Crippen LogP contribution in [0.3, 0.4) is 0 Å². The predicted molar refractivity (Wildman–Crippen MR) is 84.3 cm³/mol. The third-order valence-corrected chi connectivity index (χ3v) is 4.10. The van der Waals surface area contributed by atoms with E-state index in [1.807, 2.05) is 18.2 Å². The van der Waals surface area contributed by atoms with Crippen LogP contribution in [-0.4, -0.2) is 28.0 Å². The Kier molecular flexibility index (Phi) is 2.94. The Balaban J connectivity index is 1.88. The highest BCUT2D eigenvalue weighted by molar-refractivity contribution is 9.10. The van der Waals surface area contributed by atoms with E-state index in [2.05, 4.69) is 42.9 Å². The van der Waals surface area contributed by atoms with Crippen molar-refractivity contribution in [3.63, 3.8) is 0 Å². The van der Waals surface area contributed by atoms with Crippen LogP contribution < -0.4 is 5.56 Å². The van der Waals surface area contributed by atoms with Crippen molar-refractivity contribution in [2.45, 2.75) is 6.54 Å². The van der Waals surface area contributed by atoms with Crippen molar-refractivity contribution in [3.8, 4) is 0 Å². The molecular weight excluding hydrogens is 334 g/mol. The van der Waals surface area contributed by atoms with E-state index in [1.165, 1.54) is 0 Å². The van der Waals surface area contributed by atoms with Gasteiger partial charge in [-0.2, -0.15) is 0 Å². The number of hydrogen-bond acceptors (Lipinski definition) is 4. The largest absolute Gasteiger partial charge is 0.449 e. The molecule has 2 aromatic heterocycles. The molecule has 0 atom stereocenters. The zero-order valence-electron chi connectivity index (χ0n) is 11.1. The molecule has 0 saturated heterocycles. The number of aromatic nitrogens is 2. The molecule has 4 rings (SSSR count). The molecule has 0 fully saturated rings. The standard InChI is InChI=1S/C15H12BrN3O2/c16-9-3-4-11-10(7-9)13-14(21-11)15(20)18-12(17-13)8-19-5-1-2-6-19/h1-4,7H,5-6,8H2,(H,17,18,20). The average molecular weight is 346 g/mol. The summed E-state index contributed by atoms with van der Waals surface area (Å²) in [5.41, 5.74) is 1.35. The van der Waals surface area contributed by atoms with Crippen LogP contribution in [0, 0.1) is 0 Å². The van der Waals surface area contributed by atoms with Gasteiger partial charge < -0.3 is 9.40 Å². The second-order valence-corrected chi connectivity index (χ2v) is 6.01. The van der Waals surface area contributed by atoms with Crippen molar-refractivity contribution >= 4 is 38.0 Å². The fraction of sp³-hybridized carbons (Fsp3) is 0.200. The fourth-order valence-corrected chi connectivity index (χ4v) is 2.97. The minimum atomic E-state index is -0.227. The van der Waals surface area contributed by atoms with Gasteiger partial charge in [-0.05, 0) is 18.2 Å². The number of hydrogen-bond donors (Lipinski definition) is 1. The molecule has 0 amide bonds. The highest BCUT2D eigenvalue weighted by Gasteiger charge is 2.15. The number of fused-ring (bicyclic) bond motifs is 3. The maximum absolute atomic E-state index is 12.2. The van der Waals surface area contributed by atoms with Crippen molar-refractivity contribution < 1.29 is 4.42 Å². The summed E-state index contributed by atoms with van der Waals surface area (Å²) in [5.74, 6) is 0.666. The molecule has 3 heterocycles. The number of nitrogens with zero attached hydrogens (tertiary/aromatic N) is 2. The summed E-state index contributed by atoms with van der Waals surface area (Å²) < 4.78 is 6.55. The zero-order valence-corrected chi connectivity index (χ0v) is 12.7. The van der Waals surface area contributed by atoms with Gasteiger partial charge in [-0.3, -0.25) is 9.69 Å². The minimum Gasteiger partial charge on any atom is -0.449 e. The lowest BCUT2D eigenvalue weighted by Crippen LogP contribution is -2.23. The van der Waals surface area contributed by atoms with Crippen molar-refractivity contribution in [1.82, 2.24) is 14.9 Å². The third kappa shape index (κ3) is 2.20.